The summed E-state index contributed by atoms with van der Waals surface area (Å²) in [6.07, 6.45) is 0.796. The fourth-order valence-electron chi connectivity index (χ4n) is 1.98. The van der Waals surface area contributed by atoms with Gasteiger partial charge in [-0.25, -0.2) is 0 Å². The Morgan fingerprint density at radius 1 is 1.27 bits per heavy atom. The molecular weight excluding hydrogens is 298 g/mol. The predicted molar refractivity (Wildman–Crippen MR) is 86.9 cm³/mol. The number of anilines is 1. The van der Waals surface area contributed by atoms with E-state index in [0.29, 0.717) is 0 Å². The summed E-state index contributed by atoms with van der Waals surface area (Å²) in [5, 5.41) is 16.5. The van der Waals surface area contributed by atoms with Crippen molar-refractivity contribution in [3.05, 3.63) is 30.1 Å². The monoisotopic (exact) mass is 315 g/mol. The molecule has 3 rings (SSSR count). The highest BCUT2D eigenvalue weighted by molar-refractivity contribution is 7.19. The quantitative estimate of drug-likeness (QED) is 0.803. The maximum Gasteiger partial charge on any atom is 0.234 e. The summed E-state index contributed by atoms with van der Waals surface area (Å²) in [6.45, 7) is 5.77. The SMILES string of the molecule is CCc1nnc2sc(-c3ccc(NC(=O)C(C)C)cc3)nn12. The van der Waals surface area contributed by atoms with Gasteiger partial charge in [-0.15, -0.1) is 10.2 Å². The van der Waals surface area contributed by atoms with Crippen LogP contribution in [-0.2, 0) is 11.2 Å². The largest absolute Gasteiger partial charge is 0.326 e. The van der Waals surface area contributed by atoms with E-state index in [9.17, 15) is 4.79 Å². The zero-order valence-electron chi connectivity index (χ0n) is 12.7. The predicted octanol–water partition coefficient (Wildman–Crippen LogP) is 3.01. The first-order chi connectivity index (χ1) is 10.6. The molecule has 0 radical (unpaired) electrons. The molecule has 0 aliphatic rings. The lowest BCUT2D eigenvalue weighted by atomic mass is 10.2. The first kappa shape index (κ1) is 14.6. The van der Waals surface area contributed by atoms with Gasteiger partial charge in [0.1, 0.15) is 5.01 Å². The highest BCUT2D eigenvalue weighted by Gasteiger charge is 2.12. The summed E-state index contributed by atoms with van der Waals surface area (Å²) in [5.74, 6) is 0.837. The van der Waals surface area contributed by atoms with Crippen molar-refractivity contribution in [1.29, 1.82) is 0 Å². The minimum Gasteiger partial charge on any atom is -0.326 e. The van der Waals surface area contributed by atoms with Gasteiger partial charge in [0.2, 0.25) is 10.9 Å². The number of hydrogen-bond donors (Lipinski definition) is 1. The number of amides is 1. The van der Waals surface area contributed by atoms with E-state index in [1.54, 1.807) is 4.52 Å². The standard InChI is InChI=1S/C15H17N5OS/c1-4-12-17-18-15-20(12)19-14(22-15)10-5-7-11(8-6-10)16-13(21)9(2)3/h5-9H,4H2,1-3H3,(H,16,21). The molecule has 114 valence electrons. The zero-order chi connectivity index (χ0) is 15.7. The Balaban J connectivity index is 1.84. The molecule has 0 aliphatic carbocycles. The van der Waals surface area contributed by atoms with E-state index in [4.69, 9.17) is 0 Å². The highest BCUT2D eigenvalue weighted by atomic mass is 32.1. The second-order valence-corrected chi connectivity index (χ2v) is 6.25. The normalized spacial score (nSPS) is 11.3. The third-order valence-electron chi connectivity index (χ3n) is 3.30. The molecule has 0 bridgehead atoms. The molecule has 22 heavy (non-hydrogen) atoms. The van der Waals surface area contributed by atoms with Gasteiger partial charge in [0.05, 0.1) is 0 Å². The van der Waals surface area contributed by atoms with Crippen molar-refractivity contribution in [1.82, 2.24) is 19.8 Å². The van der Waals surface area contributed by atoms with Gasteiger partial charge < -0.3 is 5.32 Å². The number of aryl methyl sites for hydroxylation is 1. The number of nitrogens with one attached hydrogen (secondary N) is 1. The third-order valence-corrected chi connectivity index (χ3v) is 4.24. The fourth-order valence-corrected chi connectivity index (χ4v) is 2.84. The van der Waals surface area contributed by atoms with Crippen molar-refractivity contribution < 1.29 is 4.79 Å². The molecule has 0 fully saturated rings. The summed E-state index contributed by atoms with van der Waals surface area (Å²) in [7, 11) is 0. The van der Waals surface area contributed by atoms with Crippen LogP contribution < -0.4 is 5.32 Å². The van der Waals surface area contributed by atoms with Gasteiger partial charge in [-0.1, -0.05) is 32.1 Å². The Labute approximate surface area is 132 Å². The highest BCUT2D eigenvalue weighted by Crippen LogP contribution is 2.26. The molecule has 1 amide bonds. The van der Waals surface area contributed by atoms with Crippen molar-refractivity contribution in [3.63, 3.8) is 0 Å². The van der Waals surface area contributed by atoms with E-state index in [2.05, 4.69) is 20.6 Å². The van der Waals surface area contributed by atoms with Gasteiger partial charge in [0, 0.05) is 23.6 Å². The molecule has 0 spiro atoms. The van der Waals surface area contributed by atoms with Crippen LogP contribution in [-0.4, -0.2) is 25.7 Å². The molecule has 1 N–H and O–H groups in total. The van der Waals surface area contributed by atoms with E-state index < -0.39 is 0 Å². The van der Waals surface area contributed by atoms with E-state index in [1.807, 2.05) is 45.0 Å². The number of carbonyl (C=O) groups excluding carboxylic acids is 1. The van der Waals surface area contributed by atoms with Crippen LogP contribution in [0.2, 0.25) is 0 Å². The molecule has 0 saturated heterocycles. The van der Waals surface area contributed by atoms with Crippen LogP contribution in [0.25, 0.3) is 15.5 Å². The number of aromatic nitrogens is 4. The lowest BCUT2D eigenvalue weighted by molar-refractivity contribution is -0.118. The van der Waals surface area contributed by atoms with Crippen LogP contribution in [0, 0.1) is 5.92 Å². The number of carbonyl (C=O) groups is 1. The summed E-state index contributed by atoms with van der Waals surface area (Å²) < 4.78 is 1.79. The third kappa shape index (κ3) is 2.71. The molecule has 0 aliphatic heterocycles. The number of nitrogens with zero attached hydrogens (tertiary/aromatic N) is 4. The summed E-state index contributed by atoms with van der Waals surface area (Å²) in [6, 6.07) is 7.68. The number of fused-ring (bicyclic) bond motifs is 1. The fraction of sp³-hybridized carbons (Fsp3) is 0.333. The molecule has 0 saturated carbocycles. The Morgan fingerprint density at radius 3 is 2.64 bits per heavy atom. The van der Waals surface area contributed by atoms with Gasteiger partial charge in [-0.3, -0.25) is 4.79 Å². The lowest BCUT2D eigenvalue weighted by Gasteiger charge is -2.07. The smallest absolute Gasteiger partial charge is 0.234 e. The molecule has 7 heteroatoms. The Bertz CT molecular complexity index is 803. The topological polar surface area (TPSA) is 72.2 Å². The second-order valence-electron chi connectivity index (χ2n) is 5.29. The first-order valence-electron chi connectivity index (χ1n) is 7.21. The summed E-state index contributed by atoms with van der Waals surface area (Å²) >= 11 is 1.50. The average molecular weight is 315 g/mol. The van der Waals surface area contributed by atoms with E-state index in [-0.39, 0.29) is 11.8 Å². The molecule has 0 unspecified atom stereocenters. The lowest BCUT2D eigenvalue weighted by Crippen LogP contribution is -2.17. The van der Waals surface area contributed by atoms with Gasteiger partial charge in [-0.05, 0) is 24.3 Å². The Kier molecular flexibility index (Phi) is 3.89. The molecule has 2 aromatic heterocycles. The molecular formula is C15H17N5OS. The molecule has 3 aromatic rings. The Morgan fingerprint density at radius 2 is 2.00 bits per heavy atom. The zero-order valence-corrected chi connectivity index (χ0v) is 13.5. The molecule has 2 heterocycles. The van der Waals surface area contributed by atoms with Crippen LogP contribution in [0.1, 0.15) is 26.6 Å². The minimum atomic E-state index is -0.0358. The molecule has 0 atom stereocenters. The first-order valence-corrected chi connectivity index (χ1v) is 8.02. The van der Waals surface area contributed by atoms with Crippen LogP contribution in [0.5, 0.6) is 0 Å². The minimum absolute atomic E-state index is 0.0131. The van der Waals surface area contributed by atoms with Crippen molar-refractivity contribution in [2.75, 3.05) is 5.32 Å². The summed E-state index contributed by atoms with van der Waals surface area (Å²) in [4.78, 5) is 12.5. The van der Waals surface area contributed by atoms with E-state index >= 15 is 0 Å². The number of benzene rings is 1. The van der Waals surface area contributed by atoms with Gasteiger partial charge >= 0.3 is 0 Å². The molecule has 1 aromatic carbocycles. The van der Waals surface area contributed by atoms with Crippen LogP contribution in [0.4, 0.5) is 5.69 Å². The summed E-state index contributed by atoms with van der Waals surface area (Å²) in [5.41, 5.74) is 1.79. The maximum atomic E-state index is 11.7. The van der Waals surface area contributed by atoms with Gasteiger partial charge in [-0.2, -0.15) is 9.61 Å². The van der Waals surface area contributed by atoms with Crippen molar-refractivity contribution in [2.45, 2.75) is 27.2 Å². The van der Waals surface area contributed by atoms with Crippen LogP contribution in [0.3, 0.4) is 0 Å². The number of hydrogen-bond acceptors (Lipinski definition) is 5. The maximum absolute atomic E-state index is 11.7. The van der Waals surface area contributed by atoms with Gasteiger partial charge in [0.25, 0.3) is 0 Å². The molecule has 6 nitrogen and oxygen atoms in total. The second kappa shape index (κ2) is 5.84. The van der Waals surface area contributed by atoms with Crippen molar-refractivity contribution in [2.24, 2.45) is 5.92 Å². The van der Waals surface area contributed by atoms with Gasteiger partial charge in [0.15, 0.2) is 5.82 Å². The van der Waals surface area contributed by atoms with Crippen molar-refractivity contribution in [3.8, 4) is 10.6 Å². The van der Waals surface area contributed by atoms with Crippen LogP contribution >= 0.6 is 11.3 Å². The van der Waals surface area contributed by atoms with E-state index in [0.717, 1.165) is 33.5 Å². The number of rotatable bonds is 4. The Hall–Kier alpha value is -2.28. The van der Waals surface area contributed by atoms with Crippen molar-refractivity contribution >= 4 is 27.9 Å². The average Bonchev–Trinajstić information content (AvgIpc) is 3.07. The van der Waals surface area contributed by atoms with Crippen LogP contribution in [0.15, 0.2) is 24.3 Å². The van der Waals surface area contributed by atoms with E-state index in [1.165, 1.54) is 11.3 Å².